The first-order valence-corrected chi connectivity index (χ1v) is 15.1. The maximum Gasteiger partial charge on any atom is 0.410 e. The maximum absolute atomic E-state index is 13.1. The number of halogens is 1. The van der Waals surface area contributed by atoms with Crippen molar-refractivity contribution in [2.45, 2.75) is 32.8 Å². The number of fused-ring (bicyclic) bond motifs is 1. The quantitative estimate of drug-likeness (QED) is 0.228. The minimum atomic E-state index is -0.518. The highest BCUT2D eigenvalue weighted by Gasteiger charge is 2.26. The third-order valence-corrected chi connectivity index (χ3v) is 7.78. The Hall–Kier alpha value is -4.34. The molecule has 0 atom stereocenters. The molecule has 4 aromatic rings. The van der Waals surface area contributed by atoms with Crippen LogP contribution < -0.4 is 4.90 Å². The molecule has 1 aliphatic rings. The third kappa shape index (κ3) is 7.41. The second-order valence-corrected chi connectivity index (χ2v) is 12.3. The van der Waals surface area contributed by atoms with Crippen LogP contribution in [0.2, 0.25) is 5.02 Å². The summed E-state index contributed by atoms with van der Waals surface area (Å²) in [6, 6.07) is 22.6. The number of amides is 2. The van der Waals surface area contributed by atoms with E-state index in [4.69, 9.17) is 21.3 Å². The van der Waals surface area contributed by atoms with Crippen LogP contribution in [0.1, 0.15) is 38.3 Å². The number of rotatable bonds is 7. The summed E-state index contributed by atoms with van der Waals surface area (Å²) in [7, 11) is 1.77. The van der Waals surface area contributed by atoms with E-state index in [0.717, 1.165) is 16.6 Å². The van der Waals surface area contributed by atoms with Crippen molar-refractivity contribution in [3.05, 3.63) is 88.9 Å². The monoisotopic (exact) mass is 615 g/mol. The van der Waals surface area contributed by atoms with Gasteiger partial charge in [0.1, 0.15) is 5.60 Å². The first-order valence-electron chi connectivity index (χ1n) is 14.7. The summed E-state index contributed by atoms with van der Waals surface area (Å²) < 4.78 is 5.47. The molecule has 2 N–H and O–H groups in total. The molecule has 1 aliphatic heterocycles. The van der Waals surface area contributed by atoms with Gasteiger partial charge in [0.25, 0.3) is 0 Å². The zero-order valence-corrected chi connectivity index (χ0v) is 26.3. The summed E-state index contributed by atoms with van der Waals surface area (Å²) >= 11 is 6.18. The van der Waals surface area contributed by atoms with E-state index in [9.17, 15) is 14.7 Å². The van der Waals surface area contributed by atoms with Crippen LogP contribution in [-0.2, 0) is 9.53 Å². The summed E-state index contributed by atoms with van der Waals surface area (Å²) in [5, 5.41) is 12.3. The van der Waals surface area contributed by atoms with Crippen molar-refractivity contribution in [2.24, 2.45) is 4.99 Å². The Morgan fingerprint density at radius 3 is 2.34 bits per heavy atom. The fraction of sp³-hybridized carbons (Fsp3) is 0.324. The summed E-state index contributed by atoms with van der Waals surface area (Å²) in [5.74, 6) is 0.0150. The van der Waals surface area contributed by atoms with E-state index in [1.807, 2.05) is 81.4 Å². The number of nitrogens with zero attached hydrogens (tertiary/aromatic N) is 4. The molecule has 9 nitrogen and oxygen atoms in total. The SMILES string of the molecule is CN(C(=O)CCN1CCN(C(=O)OC(C)(C)C)CC1)c1ccc(N=C(c2ccccc2)c2c(O)[nH]c3cc(Cl)ccc23)cc1. The molecular weight excluding hydrogens is 578 g/mol. The number of carbonyl (C=O) groups is 2. The number of aromatic hydroxyl groups is 1. The summed E-state index contributed by atoms with van der Waals surface area (Å²) in [6.45, 7) is 8.76. The molecule has 0 unspecified atom stereocenters. The van der Waals surface area contributed by atoms with Gasteiger partial charge in [-0.1, -0.05) is 48.0 Å². The van der Waals surface area contributed by atoms with E-state index in [1.165, 1.54) is 0 Å². The average molecular weight is 616 g/mol. The van der Waals surface area contributed by atoms with Gasteiger partial charge in [0, 0.05) is 67.9 Å². The van der Waals surface area contributed by atoms with Gasteiger partial charge in [0.05, 0.1) is 22.5 Å². The first kappa shape index (κ1) is 31.1. The van der Waals surface area contributed by atoms with Crippen molar-refractivity contribution in [3.63, 3.8) is 0 Å². The fourth-order valence-corrected chi connectivity index (χ4v) is 5.35. The van der Waals surface area contributed by atoms with Crippen molar-refractivity contribution in [1.82, 2.24) is 14.8 Å². The number of carbonyl (C=O) groups excluding carboxylic acids is 2. The largest absolute Gasteiger partial charge is 0.494 e. The van der Waals surface area contributed by atoms with Crippen molar-refractivity contribution < 1.29 is 19.4 Å². The number of ether oxygens (including phenoxy) is 1. The van der Waals surface area contributed by atoms with Crippen LogP contribution in [0.25, 0.3) is 10.9 Å². The number of aromatic amines is 1. The Morgan fingerprint density at radius 2 is 1.68 bits per heavy atom. The number of H-pyrrole nitrogens is 1. The van der Waals surface area contributed by atoms with Crippen LogP contribution >= 0.6 is 11.6 Å². The lowest BCUT2D eigenvalue weighted by atomic mass is 10.0. The lowest BCUT2D eigenvalue weighted by Gasteiger charge is -2.35. The number of aliphatic imine (C=N–C) groups is 1. The van der Waals surface area contributed by atoms with Crippen molar-refractivity contribution in [3.8, 4) is 5.88 Å². The number of hydrogen-bond acceptors (Lipinski definition) is 6. The molecule has 0 saturated carbocycles. The highest BCUT2D eigenvalue weighted by molar-refractivity contribution is 6.31. The zero-order chi connectivity index (χ0) is 31.4. The van der Waals surface area contributed by atoms with Gasteiger partial charge in [0.15, 0.2) is 5.88 Å². The van der Waals surface area contributed by atoms with E-state index in [-0.39, 0.29) is 17.9 Å². The van der Waals surface area contributed by atoms with Gasteiger partial charge < -0.3 is 24.6 Å². The van der Waals surface area contributed by atoms with Gasteiger partial charge in [-0.05, 0) is 57.2 Å². The van der Waals surface area contributed by atoms with Gasteiger partial charge in [-0.3, -0.25) is 9.69 Å². The van der Waals surface area contributed by atoms with Gasteiger partial charge in [-0.25, -0.2) is 9.79 Å². The standard InChI is InChI=1S/C34H38ClN5O4/c1-34(2,3)44-33(43)40-20-18-39(19-21-40)17-16-29(41)38(4)26-13-11-25(12-14-26)36-31(23-8-6-5-7-9-23)30-27-15-10-24(35)22-28(27)37-32(30)42/h5-15,22,37,42H,16-21H2,1-4H3. The van der Waals surface area contributed by atoms with E-state index in [0.29, 0.717) is 66.6 Å². The average Bonchev–Trinajstić information content (AvgIpc) is 3.32. The molecule has 5 rings (SSSR count). The maximum atomic E-state index is 13.1. The molecule has 1 saturated heterocycles. The smallest absolute Gasteiger partial charge is 0.410 e. The van der Waals surface area contributed by atoms with E-state index in [2.05, 4.69) is 9.88 Å². The molecule has 1 aromatic heterocycles. The Bertz CT molecular complexity index is 1650. The van der Waals surface area contributed by atoms with E-state index >= 15 is 0 Å². The molecule has 2 amide bonds. The predicted molar refractivity (Wildman–Crippen MR) is 175 cm³/mol. The van der Waals surface area contributed by atoms with Crippen LogP contribution in [0.15, 0.2) is 77.8 Å². The Kier molecular flexibility index (Phi) is 9.27. The Labute approximate surface area is 262 Å². The van der Waals surface area contributed by atoms with Crippen molar-refractivity contribution >= 4 is 51.6 Å². The fourth-order valence-electron chi connectivity index (χ4n) is 5.18. The number of nitrogens with one attached hydrogen (secondary N) is 1. The number of piperazine rings is 1. The highest BCUT2D eigenvalue weighted by Crippen LogP contribution is 2.33. The lowest BCUT2D eigenvalue weighted by Crippen LogP contribution is -2.50. The molecular formula is C34H38ClN5O4. The number of anilines is 1. The minimum Gasteiger partial charge on any atom is -0.494 e. The molecule has 3 aromatic carbocycles. The summed E-state index contributed by atoms with van der Waals surface area (Å²) in [4.78, 5) is 38.9. The topological polar surface area (TPSA) is 101 Å². The van der Waals surface area contributed by atoms with Gasteiger partial charge in [0.2, 0.25) is 5.91 Å². The molecule has 44 heavy (non-hydrogen) atoms. The van der Waals surface area contributed by atoms with Crippen LogP contribution in [0.3, 0.4) is 0 Å². The molecule has 0 radical (unpaired) electrons. The molecule has 0 spiro atoms. The number of hydrogen-bond donors (Lipinski definition) is 2. The van der Waals surface area contributed by atoms with Gasteiger partial charge in [-0.2, -0.15) is 0 Å². The first-order chi connectivity index (χ1) is 21.0. The molecule has 10 heteroatoms. The van der Waals surface area contributed by atoms with Crippen molar-refractivity contribution in [2.75, 3.05) is 44.7 Å². The zero-order valence-electron chi connectivity index (χ0n) is 25.5. The van der Waals surface area contributed by atoms with Crippen LogP contribution in [0.4, 0.5) is 16.2 Å². The Morgan fingerprint density at radius 1 is 1.00 bits per heavy atom. The predicted octanol–water partition coefficient (Wildman–Crippen LogP) is 6.60. The van der Waals surface area contributed by atoms with Crippen LogP contribution in [-0.4, -0.2) is 83.0 Å². The normalized spacial score (nSPS) is 14.6. The lowest BCUT2D eigenvalue weighted by molar-refractivity contribution is -0.118. The molecule has 1 fully saturated rings. The number of benzene rings is 3. The molecule has 0 aliphatic carbocycles. The Balaban J connectivity index is 1.25. The van der Waals surface area contributed by atoms with Crippen molar-refractivity contribution in [1.29, 1.82) is 0 Å². The third-order valence-electron chi connectivity index (χ3n) is 7.54. The van der Waals surface area contributed by atoms with E-state index < -0.39 is 5.60 Å². The second-order valence-electron chi connectivity index (χ2n) is 11.9. The minimum absolute atomic E-state index is 0.00294. The van der Waals surface area contributed by atoms with Gasteiger partial charge >= 0.3 is 6.09 Å². The highest BCUT2D eigenvalue weighted by atomic mass is 35.5. The second kappa shape index (κ2) is 13.1. The molecule has 230 valence electrons. The van der Waals surface area contributed by atoms with E-state index in [1.54, 1.807) is 29.0 Å². The number of aromatic nitrogens is 1. The molecule has 2 heterocycles. The van der Waals surface area contributed by atoms with Crippen LogP contribution in [0.5, 0.6) is 5.88 Å². The van der Waals surface area contributed by atoms with Crippen LogP contribution in [0, 0.1) is 0 Å². The molecule has 0 bridgehead atoms. The summed E-state index contributed by atoms with van der Waals surface area (Å²) in [6.07, 6.45) is 0.0741. The van der Waals surface area contributed by atoms with Gasteiger partial charge in [-0.15, -0.1) is 0 Å². The summed E-state index contributed by atoms with van der Waals surface area (Å²) in [5.41, 5.74) is 3.69.